The number of unbranched alkanes of at least 4 members (excludes halogenated alkanes) is 1. The second kappa shape index (κ2) is 6.50. The molecule has 0 radical (unpaired) electrons. The predicted molar refractivity (Wildman–Crippen MR) is 62.0 cm³/mol. The standard InChI is InChI=1S/C6H12IN4OP/c7-13-12-4-2-1-3-11-5-6(8)9-10-11/h5,13H,1-4,8H2. The topological polar surface area (TPSA) is 66.0 Å². The van der Waals surface area contributed by atoms with Crippen molar-refractivity contribution in [3.05, 3.63) is 6.20 Å². The summed E-state index contributed by atoms with van der Waals surface area (Å²) in [5.41, 5.74) is 5.41. The van der Waals surface area contributed by atoms with E-state index in [1.54, 1.807) is 10.9 Å². The van der Waals surface area contributed by atoms with Crippen molar-refractivity contribution in [3.63, 3.8) is 0 Å². The summed E-state index contributed by atoms with van der Waals surface area (Å²) in [6.45, 7) is 2.24. The van der Waals surface area contributed by atoms with Crippen LogP contribution in [0.1, 0.15) is 12.8 Å². The summed E-state index contributed by atoms with van der Waals surface area (Å²) < 4.78 is 6.97. The molecule has 1 aromatic rings. The number of nitrogens with two attached hydrogens (primary N) is 1. The maximum absolute atomic E-state index is 5.41. The second-order valence-electron chi connectivity index (χ2n) is 2.54. The number of aryl methyl sites for hydroxylation is 1. The van der Waals surface area contributed by atoms with Crippen molar-refractivity contribution in [2.24, 2.45) is 0 Å². The van der Waals surface area contributed by atoms with E-state index in [1.165, 1.54) is 0 Å². The van der Waals surface area contributed by atoms with Crippen LogP contribution in [0.5, 0.6) is 0 Å². The van der Waals surface area contributed by atoms with Gasteiger partial charge in [0.05, 0.1) is 19.3 Å². The van der Waals surface area contributed by atoms with Gasteiger partial charge in [0.15, 0.2) is 5.82 Å². The van der Waals surface area contributed by atoms with Gasteiger partial charge in [-0.2, -0.15) is 0 Å². The van der Waals surface area contributed by atoms with Gasteiger partial charge in [-0.15, -0.1) is 5.10 Å². The molecule has 1 heterocycles. The van der Waals surface area contributed by atoms with E-state index < -0.39 is 0 Å². The van der Waals surface area contributed by atoms with Crippen molar-refractivity contribution >= 4 is 34.3 Å². The van der Waals surface area contributed by atoms with Crippen LogP contribution >= 0.6 is 28.5 Å². The molecule has 5 nitrogen and oxygen atoms in total. The molecule has 1 aromatic heterocycles. The molecular formula is C6H12IN4OP. The summed E-state index contributed by atoms with van der Waals surface area (Å²) >= 11 is 2.22. The zero-order chi connectivity index (χ0) is 9.52. The highest BCUT2D eigenvalue weighted by Crippen LogP contribution is 2.21. The third-order valence-corrected chi connectivity index (χ3v) is 2.74. The van der Waals surface area contributed by atoms with E-state index in [1.807, 2.05) is 0 Å². The van der Waals surface area contributed by atoms with Gasteiger partial charge in [0, 0.05) is 6.54 Å². The lowest BCUT2D eigenvalue weighted by Gasteiger charge is -2.00. The Morgan fingerprint density at radius 1 is 1.62 bits per heavy atom. The maximum atomic E-state index is 5.41. The van der Waals surface area contributed by atoms with Crippen LogP contribution in [0.4, 0.5) is 5.82 Å². The molecule has 0 aliphatic carbocycles. The number of hydrogen-bond acceptors (Lipinski definition) is 4. The minimum Gasteiger partial charge on any atom is -0.381 e. The summed E-state index contributed by atoms with van der Waals surface area (Å²) in [6.07, 6.45) is 3.83. The van der Waals surface area contributed by atoms with Crippen LogP contribution in [-0.4, -0.2) is 21.6 Å². The molecule has 7 heteroatoms. The number of nitrogens with zero attached hydrogens (tertiary/aromatic N) is 3. The van der Waals surface area contributed by atoms with Crippen molar-refractivity contribution in [2.45, 2.75) is 19.4 Å². The van der Waals surface area contributed by atoms with Crippen molar-refractivity contribution < 1.29 is 4.52 Å². The van der Waals surface area contributed by atoms with Crippen LogP contribution in [0.3, 0.4) is 0 Å². The third-order valence-electron chi connectivity index (χ3n) is 1.49. The van der Waals surface area contributed by atoms with Gasteiger partial charge in [0.1, 0.15) is 0 Å². The lowest BCUT2D eigenvalue weighted by molar-refractivity contribution is 0.347. The Morgan fingerprint density at radius 2 is 2.46 bits per heavy atom. The first-order chi connectivity index (χ1) is 6.33. The summed E-state index contributed by atoms with van der Waals surface area (Å²) in [5, 5.41) is 7.53. The van der Waals surface area contributed by atoms with Gasteiger partial charge in [0.25, 0.3) is 0 Å². The summed E-state index contributed by atoms with van der Waals surface area (Å²) in [4.78, 5) is 0. The molecule has 1 atom stereocenters. The van der Waals surface area contributed by atoms with Gasteiger partial charge >= 0.3 is 0 Å². The largest absolute Gasteiger partial charge is 0.381 e. The van der Waals surface area contributed by atoms with E-state index >= 15 is 0 Å². The first-order valence-corrected chi connectivity index (χ1v) is 7.98. The Balaban J connectivity index is 2.06. The van der Waals surface area contributed by atoms with Crippen LogP contribution < -0.4 is 5.73 Å². The summed E-state index contributed by atoms with van der Waals surface area (Å²) in [5.74, 6) is 0.477. The normalized spacial score (nSPS) is 11.5. The van der Waals surface area contributed by atoms with Gasteiger partial charge in [-0.25, -0.2) is 0 Å². The van der Waals surface area contributed by atoms with Crippen LogP contribution in [0.2, 0.25) is 0 Å². The highest BCUT2D eigenvalue weighted by Gasteiger charge is 1.95. The fourth-order valence-corrected chi connectivity index (χ4v) is 1.79. The third kappa shape index (κ3) is 4.73. The summed E-state index contributed by atoms with van der Waals surface area (Å²) in [7, 11) is 0. The van der Waals surface area contributed by atoms with E-state index in [4.69, 9.17) is 10.3 Å². The molecule has 0 saturated carbocycles. The molecule has 0 aliphatic heterocycles. The molecule has 2 N–H and O–H groups in total. The van der Waals surface area contributed by atoms with Crippen LogP contribution in [-0.2, 0) is 11.1 Å². The van der Waals surface area contributed by atoms with Gasteiger partial charge in [-0.1, -0.05) is 5.21 Å². The first kappa shape index (κ1) is 11.1. The average Bonchev–Trinajstić information content (AvgIpc) is 2.51. The number of hydrogen-bond donors (Lipinski definition) is 1. The van der Waals surface area contributed by atoms with E-state index in [0.29, 0.717) is 12.3 Å². The molecule has 0 saturated heterocycles. The molecule has 1 rings (SSSR count). The molecule has 0 aliphatic rings. The highest BCUT2D eigenvalue weighted by molar-refractivity contribution is 14.2. The Kier molecular flexibility index (Phi) is 5.57. The van der Waals surface area contributed by atoms with Gasteiger partial charge in [0.2, 0.25) is 0 Å². The monoisotopic (exact) mass is 314 g/mol. The minimum atomic E-state index is 0.477. The highest BCUT2D eigenvalue weighted by atomic mass is 127. The molecule has 0 aromatic carbocycles. The fourth-order valence-electron chi connectivity index (χ4n) is 0.909. The lowest BCUT2D eigenvalue weighted by Crippen LogP contribution is -1.99. The number of anilines is 1. The number of aromatic nitrogens is 3. The predicted octanol–water partition coefficient (Wildman–Crippen LogP) is 1.60. The molecular weight excluding hydrogens is 302 g/mol. The Labute approximate surface area is 91.7 Å². The van der Waals surface area contributed by atoms with Crippen LogP contribution in [0.15, 0.2) is 6.20 Å². The molecule has 0 amide bonds. The van der Waals surface area contributed by atoms with Crippen LogP contribution in [0.25, 0.3) is 0 Å². The van der Waals surface area contributed by atoms with E-state index in [9.17, 15) is 0 Å². The number of nitrogen functional groups attached to an aromatic ring is 1. The van der Waals surface area contributed by atoms with Gasteiger partial charge < -0.3 is 10.3 Å². The zero-order valence-corrected chi connectivity index (χ0v) is 10.3. The SMILES string of the molecule is Nc1cn(CCCCOPI)nn1. The summed E-state index contributed by atoms with van der Waals surface area (Å²) in [6, 6.07) is 0. The fraction of sp³-hybridized carbons (Fsp3) is 0.667. The van der Waals surface area contributed by atoms with E-state index in [0.717, 1.165) is 26.0 Å². The smallest absolute Gasteiger partial charge is 0.165 e. The minimum absolute atomic E-state index is 0.477. The molecule has 74 valence electrons. The van der Waals surface area contributed by atoms with Crippen molar-refractivity contribution in [2.75, 3.05) is 12.3 Å². The number of rotatable bonds is 6. The van der Waals surface area contributed by atoms with Crippen LogP contribution in [0, 0.1) is 0 Å². The first-order valence-electron chi connectivity index (χ1n) is 3.96. The van der Waals surface area contributed by atoms with Gasteiger partial charge in [-0.3, -0.25) is 4.68 Å². The number of halogens is 1. The van der Waals surface area contributed by atoms with Crippen molar-refractivity contribution in [3.8, 4) is 0 Å². The molecule has 1 unspecified atom stereocenters. The van der Waals surface area contributed by atoms with E-state index in [2.05, 4.69) is 32.4 Å². The van der Waals surface area contributed by atoms with Gasteiger partial charge in [-0.05, 0) is 34.9 Å². The Hall–Kier alpha value is 0.0600. The van der Waals surface area contributed by atoms with E-state index in [-0.39, 0.29) is 0 Å². The zero-order valence-electron chi connectivity index (χ0n) is 7.11. The second-order valence-corrected chi connectivity index (χ2v) is 4.30. The average molecular weight is 314 g/mol. The molecule has 13 heavy (non-hydrogen) atoms. The molecule has 0 bridgehead atoms. The quantitative estimate of drug-likeness (QED) is 0.492. The lowest BCUT2D eigenvalue weighted by atomic mass is 10.3. The molecule has 0 spiro atoms. The molecule has 0 fully saturated rings. The Morgan fingerprint density at radius 3 is 3.08 bits per heavy atom. The van der Waals surface area contributed by atoms with Crippen molar-refractivity contribution in [1.82, 2.24) is 15.0 Å². The Bertz CT molecular complexity index is 244. The van der Waals surface area contributed by atoms with Crippen molar-refractivity contribution in [1.29, 1.82) is 0 Å². The maximum Gasteiger partial charge on any atom is 0.165 e.